The number of benzene rings is 1. The molecule has 4 heteroatoms. The van der Waals surface area contributed by atoms with Gasteiger partial charge in [0.05, 0.1) is 12.3 Å². The van der Waals surface area contributed by atoms with E-state index in [1.807, 2.05) is 6.07 Å². The second-order valence-corrected chi connectivity index (χ2v) is 4.81. The Hall–Kier alpha value is -1.13. The molecule has 2 rings (SSSR count). The summed E-state index contributed by atoms with van der Waals surface area (Å²) in [5, 5.41) is 3.44. The lowest BCUT2D eigenvalue weighted by Crippen LogP contribution is -2.23. The molecule has 1 unspecified atom stereocenters. The average molecular weight is 312 g/mol. The molecule has 0 bridgehead atoms. The van der Waals surface area contributed by atoms with Crippen LogP contribution in [0.2, 0.25) is 0 Å². The van der Waals surface area contributed by atoms with Crippen molar-refractivity contribution in [2.24, 2.45) is 0 Å². The van der Waals surface area contributed by atoms with Crippen LogP contribution in [-0.4, -0.2) is 6.54 Å². The van der Waals surface area contributed by atoms with Gasteiger partial charge in [-0.15, -0.1) is 0 Å². The SMILES string of the molecule is CCCNC(c1ccc(F)cc1)c1ccoc1Br. The zero-order valence-electron chi connectivity index (χ0n) is 10.1. The topological polar surface area (TPSA) is 25.2 Å². The zero-order chi connectivity index (χ0) is 13.0. The first-order valence-corrected chi connectivity index (χ1v) is 6.73. The number of furan rings is 1. The lowest BCUT2D eigenvalue weighted by molar-refractivity contribution is 0.523. The maximum absolute atomic E-state index is 13.0. The third-order valence-electron chi connectivity index (χ3n) is 2.76. The molecule has 1 heterocycles. The highest BCUT2D eigenvalue weighted by Crippen LogP contribution is 2.29. The highest BCUT2D eigenvalue weighted by atomic mass is 79.9. The number of halogens is 2. The molecule has 1 aromatic carbocycles. The Bertz CT molecular complexity index is 495. The molecule has 0 saturated carbocycles. The maximum atomic E-state index is 13.0. The van der Waals surface area contributed by atoms with Crippen molar-refractivity contribution < 1.29 is 8.81 Å². The van der Waals surface area contributed by atoms with Crippen LogP contribution in [0.4, 0.5) is 4.39 Å². The first-order valence-electron chi connectivity index (χ1n) is 5.94. The van der Waals surface area contributed by atoms with Gasteiger partial charge in [-0.25, -0.2) is 4.39 Å². The average Bonchev–Trinajstić information content (AvgIpc) is 2.78. The molecule has 2 aromatic rings. The van der Waals surface area contributed by atoms with Crippen LogP contribution in [0.1, 0.15) is 30.5 Å². The highest BCUT2D eigenvalue weighted by Gasteiger charge is 2.18. The minimum Gasteiger partial charge on any atom is -0.457 e. The van der Waals surface area contributed by atoms with Crippen molar-refractivity contribution in [1.29, 1.82) is 0 Å². The summed E-state index contributed by atoms with van der Waals surface area (Å²) in [7, 11) is 0. The summed E-state index contributed by atoms with van der Waals surface area (Å²) in [6.07, 6.45) is 2.68. The summed E-state index contributed by atoms with van der Waals surface area (Å²) in [4.78, 5) is 0. The smallest absolute Gasteiger partial charge is 0.174 e. The van der Waals surface area contributed by atoms with Crippen LogP contribution in [0, 0.1) is 5.82 Å². The Kier molecular flexibility index (Phi) is 4.55. The van der Waals surface area contributed by atoms with Gasteiger partial charge < -0.3 is 9.73 Å². The fraction of sp³-hybridized carbons (Fsp3) is 0.286. The summed E-state index contributed by atoms with van der Waals surface area (Å²) < 4.78 is 19.0. The van der Waals surface area contributed by atoms with Crippen LogP contribution >= 0.6 is 15.9 Å². The lowest BCUT2D eigenvalue weighted by atomic mass is 10.0. The van der Waals surface area contributed by atoms with E-state index in [1.54, 1.807) is 18.4 Å². The molecule has 0 radical (unpaired) electrons. The standard InChI is InChI=1S/C14H15BrFNO/c1-2-8-17-13(12-7-9-18-14(12)15)10-3-5-11(16)6-4-10/h3-7,9,13,17H,2,8H2,1H3. The van der Waals surface area contributed by atoms with E-state index in [2.05, 4.69) is 28.2 Å². The van der Waals surface area contributed by atoms with Crippen LogP contribution in [0.25, 0.3) is 0 Å². The van der Waals surface area contributed by atoms with Crippen LogP contribution in [-0.2, 0) is 0 Å². The van der Waals surface area contributed by atoms with E-state index in [9.17, 15) is 4.39 Å². The number of hydrogen-bond donors (Lipinski definition) is 1. The summed E-state index contributed by atoms with van der Waals surface area (Å²) in [6, 6.07) is 8.47. The van der Waals surface area contributed by atoms with Gasteiger partial charge in [0.15, 0.2) is 4.67 Å². The normalized spacial score (nSPS) is 12.6. The zero-order valence-corrected chi connectivity index (χ0v) is 11.7. The number of nitrogens with one attached hydrogen (secondary N) is 1. The molecule has 0 saturated heterocycles. The monoisotopic (exact) mass is 311 g/mol. The Morgan fingerprint density at radius 1 is 1.28 bits per heavy atom. The van der Waals surface area contributed by atoms with Gasteiger partial charge >= 0.3 is 0 Å². The molecule has 0 amide bonds. The van der Waals surface area contributed by atoms with Crippen molar-refractivity contribution in [3.63, 3.8) is 0 Å². The van der Waals surface area contributed by atoms with Crippen LogP contribution in [0.15, 0.2) is 45.7 Å². The fourth-order valence-electron chi connectivity index (χ4n) is 1.86. The second kappa shape index (κ2) is 6.16. The van der Waals surface area contributed by atoms with Crippen LogP contribution in [0.3, 0.4) is 0 Å². The van der Waals surface area contributed by atoms with E-state index in [-0.39, 0.29) is 11.9 Å². The van der Waals surface area contributed by atoms with E-state index in [1.165, 1.54) is 12.1 Å². The number of hydrogen-bond acceptors (Lipinski definition) is 2. The van der Waals surface area contributed by atoms with Crippen molar-refractivity contribution in [1.82, 2.24) is 5.32 Å². The van der Waals surface area contributed by atoms with Gasteiger partial charge in [0.1, 0.15) is 5.82 Å². The summed E-state index contributed by atoms with van der Waals surface area (Å²) in [5.74, 6) is -0.223. The fourth-order valence-corrected chi connectivity index (χ4v) is 2.33. The van der Waals surface area contributed by atoms with Crippen molar-refractivity contribution in [2.75, 3.05) is 6.54 Å². The molecule has 0 aliphatic heterocycles. The molecule has 0 aliphatic rings. The van der Waals surface area contributed by atoms with E-state index >= 15 is 0 Å². The minimum absolute atomic E-state index is 0.0127. The minimum atomic E-state index is -0.223. The molecular weight excluding hydrogens is 297 g/mol. The first kappa shape index (κ1) is 13.3. The summed E-state index contributed by atoms with van der Waals surface area (Å²) in [5.41, 5.74) is 2.04. The van der Waals surface area contributed by atoms with E-state index < -0.39 is 0 Å². The number of rotatable bonds is 5. The molecule has 1 atom stereocenters. The van der Waals surface area contributed by atoms with E-state index in [0.717, 1.165) is 24.1 Å². The van der Waals surface area contributed by atoms with Crippen LogP contribution in [0.5, 0.6) is 0 Å². The molecule has 1 N–H and O–H groups in total. The third kappa shape index (κ3) is 3.00. The molecule has 0 aliphatic carbocycles. The van der Waals surface area contributed by atoms with Gasteiger partial charge in [0, 0.05) is 5.56 Å². The van der Waals surface area contributed by atoms with Crippen molar-refractivity contribution >= 4 is 15.9 Å². The summed E-state index contributed by atoms with van der Waals surface area (Å²) >= 11 is 3.39. The molecule has 96 valence electrons. The van der Waals surface area contributed by atoms with Gasteiger partial charge in [-0.05, 0) is 52.7 Å². The van der Waals surface area contributed by atoms with Gasteiger partial charge in [0.2, 0.25) is 0 Å². The molecule has 2 nitrogen and oxygen atoms in total. The third-order valence-corrected chi connectivity index (χ3v) is 3.40. The largest absolute Gasteiger partial charge is 0.457 e. The van der Waals surface area contributed by atoms with Crippen molar-refractivity contribution in [2.45, 2.75) is 19.4 Å². The highest BCUT2D eigenvalue weighted by molar-refractivity contribution is 9.10. The quantitative estimate of drug-likeness (QED) is 0.892. The van der Waals surface area contributed by atoms with Crippen molar-refractivity contribution in [3.05, 3.63) is 58.2 Å². The van der Waals surface area contributed by atoms with Gasteiger partial charge in [0.25, 0.3) is 0 Å². The molecule has 0 fully saturated rings. The Balaban J connectivity index is 2.30. The van der Waals surface area contributed by atoms with Gasteiger partial charge in [-0.1, -0.05) is 19.1 Å². The molecule has 1 aromatic heterocycles. The van der Waals surface area contributed by atoms with Crippen molar-refractivity contribution in [3.8, 4) is 0 Å². The van der Waals surface area contributed by atoms with Crippen LogP contribution < -0.4 is 5.32 Å². The Morgan fingerprint density at radius 2 is 2.00 bits per heavy atom. The van der Waals surface area contributed by atoms with Gasteiger partial charge in [-0.2, -0.15) is 0 Å². The lowest BCUT2D eigenvalue weighted by Gasteiger charge is -2.18. The maximum Gasteiger partial charge on any atom is 0.174 e. The first-order chi connectivity index (χ1) is 8.72. The summed E-state index contributed by atoms with van der Waals surface area (Å²) in [6.45, 7) is 3.00. The predicted octanol–water partition coefficient (Wildman–Crippen LogP) is 4.27. The van der Waals surface area contributed by atoms with Gasteiger partial charge in [-0.3, -0.25) is 0 Å². The predicted molar refractivity (Wildman–Crippen MR) is 72.9 cm³/mol. The molecule has 18 heavy (non-hydrogen) atoms. The molecular formula is C14H15BrFNO. The molecule has 0 spiro atoms. The second-order valence-electron chi connectivity index (χ2n) is 4.09. The Labute approximate surface area is 114 Å². The Morgan fingerprint density at radius 3 is 2.56 bits per heavy atom. The van der Waals surface area contributed by atoms with E-state index in [4.69, 9.17) is 4.42 Å². The van der Waals surface area contributed by atoms with E-state index in [0.29, 0.717) is 4.67 Å².